The number of hydrogen-bond acceptors (Lipinski definition) is 6. The third-order valence-electron chi connectivity index (χ3n) is 4.73. The van der Waals surface area contributed by atoms with Gasteiger partial charge >= 0.3 is 5.97 Å². The molecule has 1 amide bonds. The molecule has 1 aromatic heterocycles. The summed E-state index contributed by atoms with van der Waals surface area (Å²) in [6.45, 7) is 5.56. The number of rotatable bonds is 7. The van der Waals surface area contributed by atoms with E-state index in [-0.39, 0.29) is 34.4 Å². The lowest BCUT2D eigenvalue weighted by Crippen LogP contribution is -2.14. The maximum atomic E-state index is 12.7. The first-order valence-electron chi connectivity index (χ1n) is 10.3. The minimum Gasteiger partial charge on any atom is -0.462 e. The van der Waals surface area contributed by atoms with Gasteiger partial charge in [-0.05, 0) is 56.7 Å². The van der Waals surface area contributed by atoms with Crippen molar-refractivity contribution in [3.8, 4) is 6.07 Å². The molecule has 1 heterocycles. The number of aryl methyl sites for hydroxylation is 2. The number of furan rings is 1. The van der Waals surface area contributed by atoms with Crippen LogP contribution in [0.15, 0.2) is 52.5 Å². The highest BCUT2D eigenvalue weighted by atomic mass is 35.5. The average Bonchev–Trinajstić information content (AvgIpc) is 3.10. The Morgan fingerprint density at radius 3 is 2.47 bits per heavy atom. The van der Waals surface area contributed by atoms with Gasteiger partial charge in [0.1, 0.15) is 22.2 Å². The van der Waals surface area contributed by atoms with Crippen molar-refractivity contribution in [1.29, 1.82) is 5.26 Å². The van der Waals surface area contributed by atoms with Crippen LogP contribution in [-0.2, 0) is 9.53 Å². The molecule has 0 aliphatic rings. The molecule has 0 fully saturated rings. The van der Waals surface area contributed by atoms with E-state index in [4.69, 9.17) is 32.4 Å². The van der Waals surface area contributed by atoms with E-state index in [0.29, 0.717) is 16.4 Å². The molecular formula is C25H21Cl2N3O4. The Morgan fingerprint density at radius 1 is 1.15 bits per heavy atom. The number of esters is 1. The van der Waals surface area contributed by atoms with E-state index >= 15 is 0 Å². The first kappa shape index (κ1) is 24.9. The van der Waals surface area contributed by atoms with Gasteiger partial charge in [-0.25, -0.2) is 4.79 Å². The van der Waals surface area contributed by atoms with Gasteiger partial charge < -0.3 is 19.8 Å². The number of amides is 1. The van der Waals surface area contributed by atoms with Gasteiger partial charge in [-0.3, -0.25) is 4.79 Å². The van der Waals surface area contributed by atoms with Gasteiger partial charge in [-0.2, -0.15) is 5.26 Å². The fourth-order valence-corrected chi connectivity index (χ4v) is 3.46. The molecule has 34 heavy (non-hydrogen) atoms. The largest absolute Gasteiger partial charge is 0.462 e. The Morgan fingerprint density at radius 2 is 1.85 bits per heavy atom. The first-order chi connectivity index (χ1) is 16.2. The van der Waals surface area contributed by atoms with Crippen molar-refractivity contribution in [3.63, 3.8) is 0 Å². The molecule has 0 radical (unpaired) electrons. The van der Waals surface area contributed by atoms with E-state index in [1.54, 1.807) is 37.3 Å². The van der Waals surface area contributed by atoms with Crippen molar-refractivity contribution in [2.45, 2.75) is 20.8 Å². The summed E-state index contributed by atoms with van der Waals surface area (Å²) in [4.78, 5) is 25.3. The zero-order valence-electron chi connectivity index (χ0n) is 18.7. The topological polar surface area (TPSA) is 104 Å². The van der Waals surface area contributed by atoms with Crippen molar-refractivity contribution >= 4 is 58.4 Å². The quantitative estimate of drug-likeness (QED) is 0.214. The summed E-state index contributed by atoms with van der Waals surface area (Å²) in [6.07, 6.45) is 1.18. The van der Waals surface area contributed by atoms with E-state index < -0.39 is 11.9 Å². The fourth-order valence-electron chi connectivity index (χ4n) is 3.08. The molecule has 3 aromatic rings. The van der Waals surface area contributed by atoms with Gasteiger partial charge in [0.15, 0.2) is 5.76 Å². The molecule has 0 saturated heterocycles. The molecule has 0 unspecified atom stereocenters. The molecule has 2 N–H and O–H groups in total. The summed E-state index contributed by atoms with van der Waals surface area (Å²) in [7, 11) is 0. The predicted octanol–water partition coefficient (Wildman–Crippen LogP) is 6.67. The van der Waals surface area contributed by atoms with Crippen LogP contribution in [0.25, 0.3) is 6.08 Å². The van der Waals surface area contributed by atoms with Gasteiger partial charge in [0.05, 0.1) is 6.61 Å². The van der Waals surface area contributed by atoms with Gasteiger partial charge in [0.2, 0.25) is 5.88 Å². The number of carbonyl (C=O) groups excluding carboxylic acids is 2. The highest BCUT2D eigenvalue weighted by Crippen LogP contribution is 2.36. The van der Waals surface area contributed by atoms with Crippen molar-refractivity contribution in [2.75, 3.05) is 17.2 Å². The highest BCUT2D eigenvalue weighted by Gasteiger charge is 2.26. The molecule has 0 saturated carbocycles. The Kier molecular flexibility index (Phi) is 8.00. The normalized spacial score (nSPS) is 11.0. The fraction of sp³-hybridized carbons (Fsp3) is 0.160. The minimum absolute atomic E-state index is 0.00380. The highest BCUT2D eigenvalue weighted by molar-refractivity contribution is 6.36. The predicted molar refractivity (Wildman–Crippen MR) is 133 cm³/mol. The minimum atomic E-state index is -0.717. The number of halogens is 2. The van der Waals surface area contributed by atoms with Crippen LogP contribution in [0.3, 0.4) is 0 Å². The molecule has 9 heteroatoms. The molecule has 0 atom stereocenters. The molecule has 2 aromatic carbocycles. The van der Waals surface area contributed by atoms with E-state index in [9.17, 15) is 14.9 Å². The second-order valence-electron chi connectivity index (χ2n) is 7.28. The van der Waals surface area contributed by atoms with Crippen LogP contribution in [0.2, 0.25) is 10.0 Å². The van der Waals surface area contributed by atoms with Gasteiger partial charge in [0, 0.05) is 22.5 Å². The van der Waals surface area contributed by atoms with Crippen molar-refractivity contribution in [1.82, 2.24) is 0 Å². The number of nitriles is 1. The Hall–Kier alpha value is -3.73. The lowest BCUT2D eigenvalue weighted by Gasteiger charge is -2.08. The Bertz CT molecular complexity index is 1300. The maximum Gasteiger partial charge on any atom is 0.345 e. The van der Waals surface area contributed by atoms with Crippen LogP contribution in [0.1, 0.15) is 34.2 Å². The average molecular weight is 498 g/mol. The lowest BCUT2D eigenvalue weighted by molar-refractivity contribution is -0.112. The molecule has 3 rings (SSSR count). The third-order valence-corrected chi connectivity index (χ3v) is 5.35. The van der Waals surface area contributed by atoms with Gasteiger partial charge in [-0.15, -0.1) is 0 Å². The Balaban J connectivity index is 1.97. The molecule has 0 spiro atoms. The number of carbonyl (C=O) groups is 2. The zero-order chi connectivity index (χ0) is 24.8. The molecular weight excluding hydrogens is 477 g/mol. The summed E-state index contributed by atoms with van der Waals surface area (Å²) >= 11 is 12.3. The lowest BCUT2D eigenvalue weighted by atomic mass is 10.1. The van der Waals surface area contributed by atoms with Crippen molar-refractivity contribution in [3.05, 3.63) is 80.5 Å². The molecule has 0 aliphatic carbocycles. The van der Waals surface area contributed by atoms with Crippen LogP contribution < -0.4 is 10.6 Å². The van der Waals surface area contributed by atoms with E-state index in [1.807, 2.05) is 32.0 Å². The number of benzene rings is 2. The SMILES string of the molecule is CCOC(=O)c1c(Nc2ccc(Cl)cc2)oc(/C=C(\C#N)C(=O)Nc2ccc(C)cc2C)c1Cl. The molecule has 0 bridgehead atoms. The second-order valence-corrected chi connectivity index (χ2v) is 8.09. The van der Waals surface area contributed by atoms with Crippen LogP contribution in [0.5, 0.6) is 0 Å². The van der Waals surface area contributed by atoms with Crippen LogP contribution in [0.4, 0.5) is 17.3 Å². The standard InChI is InChI=1S/C25H21Cl2N3O4/c1-4-33-25(32)21-22(27)20(34-24(21)29-18-8-6-17(26)7-9-18)12-16(13-28)23(31)30-19-10-5-14(2)11-15(19)3/h5-12,29H,4H2,1-3H3,(H,30,31)/b16-12+. The first-order valence-corrected chi connectivity index (χ1v) is 11.0. The van der Waals surface area contributed by atoms with E-state index in [1.165, 1.54) is 6.08 Å². The number of anilines is 3. The summed E-state index contributed by atoms with van der Waals surface area (Å²) in [5.74, 6) is -1.41. The van der Waals surface area contributed by atoms with Gasteiger partial charge in [-0.1, -0.05) is 40.9 Å². The van der Waals surface area contributed by atoms with Crippen molar-refractivity contribution in [2.24, 2.45) is 0 Å². The molecule has 174 valence electrons. The van der Waals surface area contributed by atoms with E-state index in [2.05, 4.69) is 10.6 Å². The van der Waals surface area contributed by atoms with Gasteiger partial charge in [0.25, 0.3) is 5.91 Å². The number of ether oxygens (including phenoxy) is 1. The third kappa shape index (κ3) is 5.79. The van der Waals surface area contributed by atoms with Crippen LogP contribution in [-0.4, -0.2) is 18.5 Å². The maximum absolute atomic E-state index is 12.7. The smallest absolute Gasteiger partial charge is 0.345 e. The summed E-state index contributed by atoms with van der Waals surface area (Å²) in [5, 5.41) is 15.7. The summed E-state index contributed by atoms with van der Waals surface area (Å²) in [6, 6.07) is 14.0. The summed E-state index contributed by atoms with van der Waals surface area (Å²) < 4.78 is 10.8. The molecule has 7 nitrogen and oxygen atoms in total. The van der Waals surface area contributed by atoms with Crippen LogP contribution in [0, 0.1) is 25.2 Å². The molecule has 0 aliphatic heterocycles. The number of nitrogens with one attached hydrogen (secondary N) is 2. The van der Waals surface area contributed by atoms with E-state index in [0.717, 1.165) is 11.1 Å². The summed E-state index contributed by atoms with van der Waals surface area (Å²) in [5.41, 5.74) is 2.71. The number of hydrogen-bond donors (Lipinski definition) is 2. The second kappa shape index (κ2) is 10.9. The Labute approximate surface area is 206 Å². The monoisotopic (exact) mass is 497 g/mol. The van der Waals surface area contributed by atoms with Crippen molar-refractivity contribution < 1.29 is 18.7 Å². The van der Waals surface area contributed by atoms with Crippen LogP contribution >= 0.6 is 23.2 Å². The zero-order valence-corrected chi connectivity index (χ0v) is 20.2. The number of nitrogens with zero attached hydrogens (tertiary/aromatic N) is 1.